The van der Waals surface area contributed by atoms with Crippen molar-refractivity contribution in [2.24, 2.45) is 0 Å². The monoisotopic (exact) mass is 186 g/mol. The van der Waals surface area contributed by atoms with Crippen LogP contribution in [0, 0.1) is 0 Å². The van der Waals surface area contributed by atoms with E-state index in [1.807, 2.05) is 6.92 Å². The van der Waals surface area contributed by atoms with E-state index in [0.29, 0.717) is 13.2 Å². The smallest absolute Gasteiger partial charge is 0.303 e. The molecule has 0 amide bonds. The molecule has 1 heterocycles. The molecule has 4 heteroatoms. The van der Waals surface area contributed by atoms with Gasteiger partial charge in [0, 0.05) is 13.5 Å². The van der Waals surface area contributed by atoms with E-state index >= 15 is 0 Å². The van der Waals surface area contributed by atoms with Crippen molar-refractivity contribution >= 4 is 5.97 Å². The highest BCUT2D eigenvalue weighted by Crippen LogP contribution is 2.09. The summed E-state index contributed by atoms with van der Waals surface area (Å²) in [5.41, 5.74) is 0. The Kier molecular flexibility index (Phi) is 3.92. The molecular formula is C9H14O4. The minimum absolute atomic E-state index is 0.269. The van der Waals surface area contributed by atoms with Gasteiger partial charge in [0.15, 0.2) is 6.29 Å². The van der Waals surface area contributed by atoms with Crippen LogP contribution in [0.2, 0.25) is 0 Å². The standard InChI is InChI=1S/C9H14O4/c1-3-11-9-5-4-8(6-12-9)13-7(2)10/h4-5,8-9H,3,6H2,1-2H3/t8-,9?/m1/s1. The number of carbonyl (C=O) groups excluding carboxylic acids is 1. The summed E-state index contributed by atoms with van der Waals surface area (Å²) in [4.78, 5) is 10.6. The molecule has 0 radical (unpaired) electrons. The molecule has 0 saturated carbocycles. The highest BCUT2D eigenvalue weighted by molar-refractivity contribution is 5.66. The van der Waals surface area contributed by atoms with E-state index in [1.165, 1.54) is 6.92 Å². The number of esters is 1. The molecule has 0 aliphatic carbocycles. The lowest BCUT2D eigenvalue weighted by molar-refractivity contribution is -0.160. The number of hydrogen-bond acceptors (Lipinski definition) is 4. The third-order valence-corrected chi connectivity index (χ3v) is 1.56. The second kappa shape index (κ2) is 4.99. The van der Waals surface area contributed by atoms with E-state index in [0.717, 1.165) is 0 Å². The van der Waals surface area contributed by atoms with E-state index in [2.05, 4.69) is 0 Å². The van der Waals surface area contributed by atoms with Crippen LogP contribution in [0.1, 0.15) is 13.8 Å². The third-order valence-electron chi connectivity index (χ3n) is 1.56. The third kappa shape index (κ3) is 3.57. The minimum atomic E-state index is -0.298. The predicted molar refractivity (Wildman–Crippen MR) is 46.1 cm³/mol. The molecule has 1 aliphatic rings. The molecule has 0 N–H and O–H groups in total. The fourth-order valence-electron chi connectivity index (χ4n) is 1.07. The number of carbonyl (C=O) groups is 1. The Hall–Kier alpha value is -0.870. The van der Waals surface area contributed by atoms with E-state index in [9.17, 15) is 4.79 Å². The zero-order valence-corrected chi connectivity index (χ0v) is 7.86. The molecule has 0 aromatic heterocycles. The van der Waals surface area contributed by atoms with Crippen molar-refractivity contribution in [2.75, 3.05) is 13.2 Å². The van der Waals surface area contributed by atoms with Crippen molar-refractivity contribution < 1.29 is 19.0 Å². The van der Waals surface area contributed by atoms with Gasteiger partial charge in [0.1, 0.15) is 6.10 Å². The maximum atomic E-state index is 10.6. The van der Waals surface area contributed by atoms with Crippen LogP contribution < -0.4 is 0 Å². The van der Waals surface area contributed by atoms with Gasteiger partial charge in [0.25, 0.3) is 0 Å². The van der Waals surface area contributed by atoms with Crippen LogP contribution in [0.3, 0.4) is 0 Å². The average Bonchev–Trinajstić information content (AvgIpc) is 2.08. The van der Waals surface area contributed by atoms with Crippen molar-refractivity contribution in [3.8, 4) is 0 Å². The Morgan fingerprint density at radius 3 is 2.85 bits per heavy atom. The Morgan fingerprint density at radius 1 is 1.62 bits per heavy atom. The van der Waals surface area contributed by atoms with E-state index in [1.54, 1.807) is 12.2 Å². The number of ether oxygens (including phenoxy) is 3. The summed E-state index contributed by atoms with van der Waals surface area (Å²) in [6.45, 7) is 4.24. The fraction of sp³-hybridized carbons (Fsp3) is 0.667. The first-order valence-electron chi connectivity index (χ1n) is 4.31. The highest BCUT2D eigenvalue weighted by Gasteiger charge is 2.17. The van der Waals surface area contributed by atoms with Crippen molar-refractivity contribution in [1.29, 1.82) is 0 Å². The largest absolute Gasteiger partial charge is 0.456 e. The summed E-state index contributed by atoms with van der Waals surface area (Å²) in [6.07, 6.45) is 2.97. The molecule has 0 aromatic rings. The second-order valence-electron chi connectivity index (χ2n) is 2.69. The summed E-state index contributed by atoms with van der Waals surface area (Å²) in [5.74, 6) is -0.298. The molecule has 1 aliphatic heterocycles. The SMILES string of the molecule is CCOC1C=C[C@@H](OC(C)=O)CO1. The highest BCUT2D eigenvalue weighted by atomic mass is 16.7. The maximum absolute atomic E-state index is 10.6. The molecule has 1 unspecified atom stereocenters. The van der Waals surface area contributed by atoms with Gasteiger partial charge in [-0.05, 0) is 19.1 Å². The molecule has 1 rings (SSSR count). The van der Waals surface area contributed by atoms with Gasteiger partial charge in [-0.2, -0.15) is 0 Å². The van der Waals surface area contributed by atoms with Crippen LogP contribution in [-0.2, 0) is 19.0 Å². The van der Waals surface area contributed by atoms with Gasteiger partial charge in [-0.3, -0.25) is 4.79 Å². The summed E-state index contributed by atoms with van der Waals surface area (Å²) < 4.78 is 15.3. The molecule has 0 bridgehead atoms. The fourth-order valence-corrected chi connectivity index (χ4v) is 1.07. The van der Waals surface area contributed by atoms with E-state index < -0.39 is 0 Å². The lowest BCUT2D eigenvalue weighted by atomic mass is 10.3. The Labute approximate surface area is 77.5 Å². The number of rotatable bonds is 3. The molecule has 0 fully saturated rings. The van der Waals surface area contributed by atoms with Crippen LogP contribution in [0.5, 0.6) is 0 Å². The molecular weight excluding hydrogens is 172 g/mol. The molecule has 13 heavy (non-hydrogen) atoms. The van der Waals surface area contributed by atoms with Crippen molar-refractivity contribution in [2.45, 2.75) is 26.2 Å². The summed E-state index contributed by atoms with van der Waals surface area (Å²) in [5, 5.41) is 0. The van der Waals surface area contributed by atoms with Crippen molar-refractivity contribution in [1.82, 2.24) is 0 Å². The Morgan fingerprint density at radius 2 is 2.38 bits per heavy atom. The van der Waals surface area contributed by atoms with Crippen molar-refractivity contribution in [3.63, 3.8) is 0 Å². The van der Waals surface area contributed by atoms with Gasteiger partial charge in [0.2, 0.25) is 0 Å². The van der Waals surface area contributed by atoms with E-state index in [4.69, 9.17) is 14.2 Å². The summed E-state index contributed by atoms with van der Waals surface area (Å²) >= 11 is 0. The van der Waals surface area contributed by atoms with E-state index in [-0.39, 0.29) is 18.4 Å². The molecule has 0 saturated heterocycles. The van der Waals surface area contributed by atoms with Gasteiger partial charge in [-0.1, -0.05) is 0 Å². The van der Waals surface area contributed by atoms with Gasteiger partial charge >= 0.3 is 5.97 Å². The van der Waals surface area contributed by atoms with Crippen LogP contribution in [0.4, 0.5) is 0 Å². The minimum Gasteiger partial charge on any atom is -0.456 e. The van der Waals surface area contributed by atoms with Crippen LogP contribution in [0.15, 0.2) is 12.2 Å². The molecule has 74 valence electrons. The van der Waals surface area contributed by atoms with Crippen LogP contribution in [-0.4, -0.2) is 31.6 Å². The first-order chi connectivity index (χ1) is 6.22. The molecule has 0 spiro atoms. The topological polar surface area (TPSA) is 44.8 Å². The normalized spacial score (nSPS) is 27.2. The Bertz CT molecular complexity index is 200. The quantitative estimate of drug-likeness (QED) is 0.484. The molecule has 4 nitrogen and oxygen atoms in total. The average molecular weight is 186 g/mol. The zero-order chi connectivity index (χ0) is 9.68. The van der Waals surface area contributed by atoms with Gasteiger partial charge in [0.05, 0.1) is 6.61 Å². The Balaban J connectivity index is 2.33. The lowest BCUT2D eigenvalue weighted by Gasteiger charge is -2.22. The first-order valence-corrected chi connectivity index (χ1v) is 4.31. The summed E-state index contributed by atoms with van der Waals surface area (Å²) in [6, 6.07) is 0. The molecule has 2 atom stereocenters. The van der Waals surface area contributed by atoms with Gasteiger partial charge < -0.3 is 14.2 Å². The summed E-state index contributed by atoms with van der Waals surface area (Å²) in [7, 11) is 0. The van der Waals surface area contributed by atoms with Crippen LogP contribution in [0.25, 0.3) is 0 Å². The molecule has 0 aromatic carbocycles. The van der Waals surface area contributed by atoms with Gasteiger partial charge in [-0.25, -0.2) is 0 Å². The lowest BCUT2D eigenvalue weighted by Crippen LogP contribution is -2.29. The van der Waals surface area contributed by atoms with Crippen molar-refractivity contribution in [3.05, 3.63) is 12.2 Å². The predicted octanol–water partition coefficient (Wildman–Crippen LogP) is 0.867. The number of hydrogen-bond donors (Lipinski definition) is 0. The van der Waals surface area contributed by atoms with Gasteiger partial charge in [-0.15, -0.1) is 0 Å². The zero-order valence-electron chi connectivity index (χ0n) is 7.86. The second-order valence-corrected chi connectivity index (χ2v) is 2.69. The first kappa shape index (κ1) is 10.2. The maximum Gasteiger partial charge on any atom is 0.303 e. The van der Waals surface area contributed by atoms with Crippen LogP contribution >= 0.6 is 0 Å².